The summed E-state index contributed by atoms with van der Waals surface area (Å²) in [7, 11) is 0. The summed E-state index contributed by atoms with van der Waals surface area (Å²) in [5.74, 6) is 0.00659. The Kier molecular flexibility index (Phi) is 6.11. The Bertz CT molecular complexity index is 1020. The number of morpholine rings is 1. The number of aromatic nitrogens is 4. The molecular formula is C24H28N6O2. The van der Waals surface area contributed by atoms with Gasteiger partial charge >= 0.3 is 0 Å². The van der Waals surface area contributed by atoms with Crippen LogP contribution in [0.3, 0.4) is 0 Å². The fraction of sp³-hybridized carbons (Fsp3) is 0.417. The summed E-state index contributed by atoms with van der Waals surface area (Å²) in [6.07, 6.45) is 11.1. The molecule has 1 aliphatic heterocycles. The summed E-state index contributed by atoms with van der Waals surface area (Å²) < 4.78 is 7.45. The minimum atomic E-state index is 0.00659. The molecule has 3 aromatic rings. The first-order valence-electron chi connectivity index (χ1n) is 11.3. The second-order valence-electron chi connectivity index (χ2n) is 8.43. The van der Waals surface area contributed by atoms with Gasteiger partial charge in [0.25, 0.3) is 5.91 Å². The van der Waals surface area contributed by atoms with Crippen LogP contribution in [0.1, 0.15) is 42.1 Å². The number of nitrogens with one attached hydrogen (secondary N) is 1. The van der Waals surface area contributed by atoms with Crippen molar-refractivity contribution in [2.75, 3.05) is 31.2 Å². The minimum absolute atomic E-state index is 0.00659. The average molecular weight is 433 g/mol. The zero-order chi connectivity index (χ0) is 21.8. The highest BCUT2D eigenvalue weighted by molar-refractivity contribution is 5.94. The van der Waals surface area contributed by atoms with E-state index in [-0.39, 0.29) is 11.9 Å². The van der Waals surface area contributed by atoms with Gasteiger partial charge in [-0.25, -0.2) is 9.97 Å². The van der Waals surface area contributed by atoms with Gasteiger partial charge in [-0.05, 0) is 56.0 Å². The van der Waals surface area contributed by atoms with E-state index in [2.05, 4.69) is 31.5 Å². The van der Waals surface area contributed by atoms with Gasteiger partial charge in [0, 0.05) is 48.3 Å². The van der Waals surface area contributed by atoms with Crippen LogP contribution in [0.2, 0.25) is 0 Å². The van der Waals surface area contributed by atoms with Crippen molar-refractivity contribution in [1.82, 2.24) is 25.1 Å². The van der Waals surface area contributed by atoms with Gasteiger partial charge in [0.2, 0.25) is 0 Å². The standard InChI is InChI=1S/C24H28N6O2/c31-24(18-1-5-21(6-2-18)29-11-13-32-14-12-29)28-20-3-7-22(8-4-20)30-16-19(15-27-30)23-9-10-25-17-26-23/h1-2,5-6,9-10,15-17,20,22H,3-4,7-8,11-14H2,(H,28,31). The van der Waals surface area contributed by atoms with Crippen molar-refractivity contribution in [1.29, 1.82) is 0 Å². The van der Waals surface area contributed by atoms with Crippen LogP contribution >= 0.6 is 0 Å². The summed E-state index contributed by atoms with van der Waals surface area (Å²) in [5, 5.41) is 7.77. The SMILES string of the molecule is O=C(NC1CCC(n2cc(-c3ccncn3)cn2)CC1)c1ccc(N2CCOCC2)cc1. The molecule has 5 rings (SSSR count). The Morgan fingerprint density at radius 1 is 1.03 bits per heavy atom. The Morgan fingerprint density at radius 3 is 2.53 bits per heavy atom. The van der Waals surface area contributed by atoms with Crippen molar-refractivity contribution in [3.05, 3.63) is 60.8 Å². The average Bonchev–Trinajstić information content (AvgIpc) is 3.36. The number of hydrogen-bond acceptors (Lipinski definition) is 6. The van der Waals surface area contributed by atoms with E-state index in [1.807, 2.05) is 41.2 Å². The van der Waals surface area contributed by atoms with Gasteiger partial charge in [-0.2, -0.15) is 5.10 Å². The Morgan fingerprint density at radius 2 is 1.81 bits per heavy atom. The molecule has 0 atom stereocenters. The van der Waals surface area contributed by atoms with Crippen molar-refractivity contribution in [3.63, 3.8) is 0 Å². The summed E-state index contributed by atoms with van der Waals surface area (Å²) in [6, 6.07) is 10.4. The molecule has 166 valence electrons. The van der Waals surface area contributed by atoms with Crippen molar-refractivity contribution >= 4 is 11.6 Å². The first-order valence-corrected chi connectivity index (χ1v) is 11.3. The van der Waals surface area contributed by atoms with Crippen LogP contribution in [0.4, 0.5) is 5.69 Å². The molecule has 1 aliphatic carbocycles. The number of carbonyl (C=O) groups excluding carboxylic acids is 1. The molecule has 1 saturated carbocycles. The summed E-state index contributed by atoms with van der Waals surface area (Å²) in [6.45, 7) is 3.30. The molecule has 1 N–H and O–H groups in total. The zero-order valence-electron chi connectivity index (χ0n) is 18.1. The molecule has 1 amide bonds. The fourth-order valence-electron chi connectivity index (χ4n) is 4.53. The monoisotopic (exact) mass is 432 g/mol. The molecule has 2 aromatic heterocycles. The van der Waals surface area contributed by atoms with Crippen molar-refractivity contribution in [2.45, 2.75) is 37.8 Å². The minimum Gasteiger partial charge on any atom is -0.378 e. The maximum Gasteiger partial charge on any atom is 0.251 e. The Hall–Kier alpha value is -3.26. The van der Waals surface area contributed by atoms with Crippen LogP contribution < -0.4 is 10.2 Å². The van der Waals surface area contributed by atoms with E-state index in [1.165, 1.54) is 0 Å². The smallest absolute Gasteiger partial charge is 0.251 e. The van der Waals surface area contributed by atoms with Crippen LogP contribution in [-0.4, -0.2) is 58.0 Å². The quantitative estimate of drug-likeness (QED) is 0.667. The van der Waals surface area contributed by atoms with Crippen LogP contribution in [-0.2, 0) is 4.74 Å². The number of carbonyl (C=O) groups is 1. The number of nitrogens with zero attached hydrogens (tertiary/aromatic N) is 5. The molecule has 2 fully saturated rings. The van der Waals surface area contributed by atoms with E-state index in [4.69, 9.17) is 4.74 Å². The number of anilines is 1. The molecule has 0 unspecified atom stereocenters. The molecule has 32 heavy (non-hydrogen) atoms. The number of hydrogen-bond donors (Lipinski definition) is 1. The first-order chi connectivity index (χ1) is 15.8. The zero-order valence-corrected chi connectivity index (χ0v) is 18.1. The lowest BCUT2D eigenvalue weighted by atomic mass is 9.91. The maximum atomic E-state index is 12.7. The number of benzene rings is 1. The third-order valence-electron chi connectivity index (χ3n) is 6.39. The van der Waals surface area contributed by atoms with Gasteiger partial charge in [-0.1, -0.05) is 0 Å². The van der Waals surface area contributed by atoms with Crippen LogP contribution in [0.15, 0.2) is 55.2 Å². The molecule has 1 aromatic carbocycles. The topological polar surface area (TPSA) is 85.2 Å². The molecule has 3 heterocycles. The lowest BCUT2D eigenvalue weighted by molar-refractivity contribution is 0.0921. The highest BCUT2D eigenvalue weighted by Crippen LogP contribution is 2.29. The molecule has 2 aliphatic rings. The van der Waals surface area contributed by atoms with Crippen molar-refractivity contribution < 1.29 is 9.53 Å². The molecular weight excluding hydrogens is 404 g/mol. The van der Waals surface area contributed by atoms with Gasteiger partial charge in [0.1, 0.15) is 6.33 Å². The number of amides is 1. The molecule has 8 nitrogen and oxygen atoms in total. The summed E-state index contributed by atoms with van der Waals surface area (Å²) >= 11 is 0. The first kappa shape index (κ1) is 20.6. The van der Waals surface area contributed by atoms with E-state index >= 15 is 0 Å². The van der Waals surface area contributed by atoms with Gasteiger partial charge in [0.15, 0.2) is 0 Å². The van der Waals surface area contributed by atoms with E-state index in [0.29, 0.717) is 11.6 Å². The van der Waals surface area contributed by atoms with Crippen LogP contribution in [0, 0.1) is 0 Å². The molecule has 0 bridgehead atoms. The molecule has 0 spiro atoms. The third-order valence-corrected chi connectivity index (χ3v) is 6.39. The van der Waals surface area contributed by atoms with Crippen molar-refractivity contribution in [3.8, 4) is 11.3 Å². The highest BCUT2D eigenvalue weighted by atomic mass is 16.5. The Labute approximate surface area is 187 Å². The van der Waals surface area contributed by atoms with Gasteiger partial charge in [0.05, 0.1) is 31.1 Å². The number of rotatable bonds is 5. The molecule has 1 saturated heterocycles. The van der Waals surface area contributed by atoms with E-state index in [1.54, 1.807) is 12.5 Å². The largest absolute Gasteiger partial charge is 0.378 e. The molecule has 0 radical (unpaired) electrons. The van der Waals surface area contributed by atoms with Crippen molar-refractivity contribution in [2.24, 2.45) is 0 Å². The van der Waals surface area contributed by atoms with E-state index < -0.39 is 0 Å². The van der Waals surface area contributed by atoms with Gasteiger partial charge in [-0.15, -0.1) is 0 Å². The second kappa shape index (κ2) is 9.48. The van der Waals surface area contributed by atoms with E-state index in [0.717, 1.165) is 68.9 Å². The highest BCUT2D eigenvalue weighted by Gasteiger charge is 2.24. The lowest BCUT2D eigenvalue weighted by Crippen LogP contribution is -2.38. The van der Waals surface area contributed by atoms with Crippen LogP contribution in [0.5, 0.6) is 0 Å². The predicted molar refractivity (Wildman–Crippen MR) is 121 cm³/mol. The van der Waals surface area contributed by atoms with Gasteiger partial charge < -0.3 is 15.0 Å². The molecule has 8 heteroatoms. The summed E-state index contributed by atoms with van der Waals surface area (Å²) in [4.78, 5) is 23.3. The Balaban J connectivity index is 1.13. The lowest BCUT2D eigenvalue weighted by Gasteiger charge is -2.30. The second-order valence-corrected chi connectivity index (χ2v) is 8.43. The maximum absolute atomic E-state index is 12.7. The summed E-state index contributed by atoms with van der Waals surface area (Å²) in [5.41, 5.74) is 3.74. The normalized spacial score (nSPS) is 21.3. The predicted octanol–water partition coefficient (Wildman–Crippen LogP) is 3.09. The van der Waals surface area contributed by atoms with Gasteiger partial charge in [-0.3, -0.25) is 9.48 Å². The fourth-order valence-corrected chi connectivity index (χ4v) is 4.53. The van der Waals surface area contributed by atoms with Crippen LogP contribution in [0.25, 0.3) is 11.3 Å². The number of ether oxygens (including phenoxy) is 1. The van der Waals surface area contributed by atoms with E-state index in [9.17, 15) is 4.79 Å². The third kappa shape index (κ3) is 4.65.